The molecule has 1 nitrogen and oxygen atoms in total. The second-order valence-electron chi connectivity index (χ2n) is 16.3. The van der Waals surface area contributed by atoms with Crippen LogP contribution in [-0.4, -0.2) is 0 Å². The zero-order valence-electron chi connectivity index (χ0n) is 33.2. The summed E-state index contributed by atoms with van der Waals surface area (Å²) in [6, 6.07) is 83.5. The lowest BCUT2D eigenvalue weighted by molar-refractivity contribution is 0.794. The molecule has 2 aliphatic rings. The molecule has 1 heterocycles. The van der Waals surface area contributed by atoms with Crippen LogP contribution in [0.25, 0.3) is 75.5 Å². The van der Waals surface area contributed by atoms with Crippen LogP contribution >= 0.6 is 11.3 Å². The SMILES string of the molecule is c1ccc(N(c2ccc(-c3cccc4c3-c3ccccc3C43c4ccccc4-c4ccccc43)cc2)c2cccc3ccccc23)c(-c2ccc3sc4ccccc4c3c2)c1. The van der Waals surface area contributed by atoms with Crippen molar-refractivity contribution < 1.29 is 0 Å². The van der Waals surface area contributed by atoms with E-state index in [-0.39, 0.29) is 5.41 Å². The van der Waals surface area contributed by atoms with Crippen molar-refractivity contribution in [2.75, 3.05) is 4.90 Å². The van der Waals surface area contributed by atoms with Crippen LogP contribution < -0.4 is 4.90 Å². The number of para-hydroxylation sites is 1. The van der Waals surface area contributed by atoms with Crippen LogP contribution in [0.4, 0.5) is 17.1 Å². The molecule has 10 aromatic carbocycles. The number of fused-ring (bicyclic) bond motifs is 14. The summed E-state index contributed by atoms with van der Waals surface area (Å²) < 4.78 is 2.63. The van der Waals surface area contributed by atoms with Crippen LogP contribution in [0.1, 0.15) is 22.3 Å². The third-order valence-corrected chi connectivity index (χ3v) is 14.4. The second-order valence-corrected chi connectivity index (χ2v) is 17.4. The van der Waals surface area contributed by atoms with Crippen molar-refractivity contribution in [3.63, 3.8) is 0 Å². The fraction of sp³-hybridized carbons (Fsp3) is 0.0169. The van der Waals surface area contributed by atoms with Crippen molar-refractivity contribution in [3.05, 3.63) is 247 Å². The summed E-state index contributed by atoms with van der Waals surface area (Å²) in [6.07, 6.45) is 0. The number of anilines is 3. The molecule has 284 valence electrons. The highest BCUT2D eigenvalue weighted by atomic mass is 32.1. The summed E-state index contributed by atoms with van der Waals surface area (Å²) in [5.74, 6) is 0. The molecule has 0 fully saturated rings. The van der Waals surface area contributed by atoms with E-state index in [1.165, 1.54) is 97.7 Å². The average Bonchev–Trinajstić information content (AvgIpc) is 3.96. The van der Waals surface area contributed by atoms with E-state index in [2.05, 4.69) is 229 Å². The Hall–Kier alpha value is -7.52. The first-order chi connectivity index (χ1) is 30.3. The predicted molar refractivity (Wildman–Crippen MR) is 259 cm³/mol. The lowest BCUT2D eigenvalue weighted by atomic mass is 9.70. The molecule has 1 spiro atoms. The van der Waals surface area contributed by atoms with Gasteiger partial charge in [0.15, 0.2) is 0 Å². The van der Waals surface area contributed by atoms with Gasteiger partial charge in [-0.2, -0.15) is 0 Å². The van der Waals surface area contributed by atoms with E-state index in [1.807, 2.05) is 11.3 Å². The summed E-state index contributed by atoms with van der Waals surface area (Å²) in [4.78, 5) is 2.46. The van der Waals surface area contributed by atoms with E-state index >= 15 is 0 Å². The molecule has 0 N–H and O–H groups in total. The van der Waals surface area contributed by atoms with Gasteiger partial charge < -0.3 is 4.90 Å². The number of hydrogen-bond acceptors (Lipinski definition) is 2. The minimum Gasteiger partial charge on any atom is -0.309 e. The Kier molecular flexibility index (Phi) is 7.46. The van der Waals surface area contributed by atoms with Gasteiger partial charge in [-0.3, -0.25) is 0 Å². The van der Waals surface area contributed by atoms with Crippen LogP contribution in [0.3, 0.4) is 0 Å². The minimum absolute atomic E-state index is 0.373. The number of rotatable bonds is 5. The molecule has 61 heavy (non-hydrogen) atoms. The maximum atomic E-state index is 2.46. The lowest BCUT2D eigenvalue weighted by Gasteiger charge is -2.30. The Morgan fingerprint density at radius 1 is 0.328 bits per heavy atom. The second kappa shape index (κ2) is 13.2. The van der Waals surface area contributed by atoms with Gasteiger partial charge >= 0.3 is 0 Å². The first-order valence-corrected chi connectivity index (χ1v) is 21.9. The normalized spacial score (nSPS) is 13.0. The molecule has 2 aliphatic carbocycles. The molecule has 11 aromatic rings. The monoisotopic (exact) mass is 791 g/mol. The zero-order valence-corrected chi connectivity index (χ0v) is 34.0. The molecule has 0 radical (unpaired) electrons. The van der Waals surface area contributed by atoms with Crippen LogP contribution in [0.2, 0.25) is 0 Å². The molecule has 0 aliphatic heterocycles. The highest BCUT2D eigenvalue weighted by Crippen LogP contribution is 2.64. The van der Waals surface area contributed by atoms with Gasteiger partial charge in [0, 0.05) is 36.8 Å². The molecule has 0 amide bonds. The van der Waals surface area contributed by atoms with E-state index in [0.717, 1.165) is 17.1 Å². The van der Waals surface area contributed by atoms with E-state index in [1.54, 1.807) is 0 Å². The van der Waals surface area contributed by atoms with E-state index in [0.29, 0.717) is 0 Å². The van der Waals surface area contributed by atoms with Crippen LogP contribution in [0, 0.1) is 0 Å². The molecule has 0 saturated heterocycles. The molecule has 1 aromatic heterocycles. The van der Waals surface area contributed by atoms with Gasteiger partial charge in [0.05, 0.1) is 16.8 Å². The van der Waals surface area contributed by atoms with E-state index in [9.17, 15) is 0 Å². The Balaban J connectivity index is 0.994. The largest absolute Gasteiger partial charge is 0.309 e. The molecular formula is C59H37NS. The molecular weight excluding hydrogens is 755 g/mol. The van der Waals surface area contributed by atoms with Gasteiger partial charge in [-0.25, -0.2) is 0 Å². The number of thiophene rings is 1. The quantitative estimate of drug-likeness (QED) is 0.168. The highest BCUT2D eigenvalue weighted by molar-refractivity contribution is 7.25. The van der Waals surface area contributed by atoms with Crippen LogP contribution in [0.5, 0.6) is 0 Å². The van der Waals surface area contributed by atoms with Crippen LogP contribution in [-0.2, 0) is 5.41 Å². The van der Waals surface area contributed by atoms with Gasteiger partial charge in [-0.05, 0) is 109 Å². The third kappa shape index (κ3) is 4.88. The molecule has 0 bridgehead atoms. The molecule has 0 atom stereocenters. The average molecular weight is 792 g/mol. The Bertz CT molecular complexity index is 3500. The van der Waals surface area contributed by atoms with Gasteiger partial charge in [0.25, 0.3) is 0 Å². The van der Waals surface area contributed by atoms with Gasteiger partial charge in [-0.15, -0.1) is 11.3 Å². The minimum atomic E-state index is -0.373. The fourth-order valence-corrected chi connectivity index (χ4v) is 11.9. The summed E-state index contributed by atoms with van der Waals surface area (Å²) in [5.41, 5.74) is 18.6. The first-order valence-electron chi connectivity index (χ1n) is 21.1. The maximum absolute atomic E-state index is 2.46. The summed E-state index contributed by atoms with van der Waals surface area (Å²) >= 11 is 1.86. The number of nitrogens with zero attached hydrogens (tertiary/aromatic N) is 1. The Morgan fingerprint density at radius 3 is 1.64 bits per heavy atom. The van der Waals surface area contributed by atoms with E-state index < -0.39 is 0 Å². The molecule has 2 heteroatoms. The first kappa shape index (κ1) is 34.4. The van der Waals surface area contributed by atoms with Gasteiger partial charge in [-0.1, -0.05) is 182 Å². The van der Waals surface area contributed by atoms with Crippen molar-refractivity contribution in [1.82, 2.24) is 0 Å². The van der Waals surface area contributed by atoms with Crippen LogP contribution in [0.15, 0.2) is 224 Å². The predicted octanol–water partition coefficient (Wildman–Crippen LogP) is 16.4. The molecule has 13 rings (SSSR count). The Morgan fingerprint density at radius 2 is 0.852 bits per heavy atom. The lowest BCUT2D eigenvalue weighted by Crippen LogP contribution is -2.25. The fourth-order valence-electron chi connectivity index (χ4n) is 10.8. The van der Waals surface area contributed by atoms with E-state index in [4.69, 9.17) is 0 Å². The zero-order chi connectivity index (χ0) is 40.1. The van der Waals surface area contributed by atoms with Crippen molar-refractivity contribution in [2.24, 2.45) is 0 Å². The highest BCUT2D eigenvalue weighted by Gasteiger charge is 2.51. The Labute approximate surface area is 359 Å². The smallest absolute Gasteiger partial charge is 0.0725 e. The topological polar surface area (TPSA) is 3.24 Å². The van der Waals surface area contributed by atoms with Crippen molar-refractivity contribution in [3.8, 4) is 44.5 Å². The molecule has 0 unspecified atom stereocenters. The van der Waals surface area contributed by atoms with Gasteiger partial charge in [0.1, 0.15) is 0 Å². The van der Waals surface area contributed by atoms with Crippen molar-refractivity contribution >= 4 is 59.3 Å². The summed E-state index contributed by atoms with van der Waals surface area (Å²) in [5, 5.41) is 5.04. The number of benzene rings is 10. The summed E-state index contributed by atoms with van der Waals surface area (Å²) in [6.45, 7) is 0. The summed E-state index contributed by atoms with van der Waals surface area (Å²) in [7, 11) is 0. The number of hydrogen-bond donors (Lipinski definition) is 0. The maximum Gasteiger partial charge on any atom is 0.0725 e. The third-order valence-electron chi connectivity index (χ3n) is 13.3. The van der Waals surface area contributed by atoms with Crippen molar-refractivity contribution in [2.45, 2.75) is 5.41 Å². The van der Waals surface area contributed by atoms with Gasteiger partial charge in [0.2, 0.25) is 0 Å². The standard InChI is InChI=1S/C59H37NS/c1-2-17-42-38(15-1)16-13-29-55(42)60(54-28-11-6-18-43(54)40-33-36-57-49(37-40)47-21-7-12-30-56(47)61-57)41-34-31-39(32-35-41)44-23-14-27-53-58(44)48-22-5-10-26-52(48)59(53)50-24-8-3-19-45(50)46-20-4-9-25-51(46)59/h1-37H. The van der Waals surface area contributed by atoms with Crippen molar-refractivity contribution in [1.29, 1.82) is 0 Å². The molecule has 0 saturated carbocycles.